The van der Waals surface area contributed by atoms with E-state index in [1.807, 2.05) is 30.3 Å². The molecule has 1 N–H and O–H groups in total. The molecule has 0 fully saturated rings. The molecule has 0 bridgehead atoms. The first-order valence-electron chi connectivity index (χ1n) is 12.4. The molecule has 0 spiro atoms. The zero-order valence-corrected chi connectivity index (χ0v) is 23.7. The number of alkyl carbamates (subject to hydrolysis) is 1. The number of nitrogens with zero attached hydrogens (tertiary/aromatic N) is 2. The summed E-state index contributed by atoms with van der Waals surface area (Å²) in [5, 5.41) is 3.36. The molecule has 3 aromatic rings. The monoisotopic (exact) mass is 569 g/mol. The van der Waals surface area contributed by atoms with Crippen molar-refractivity contribution < 1.29 is 23.9 Å². The molecule has 10 heteroatoms. The molecule has 0 aliphatic carbocycles. The second-order valence-corrected chi connectivity index (χ2v) is 11.0. The van der Waals surface area contributed by atoms with E-state index in [0.717, 1.165) is 5.56 Å². The summed E-state index contributed by atoms with van der Waals surface area (Å²) in [5.74, 6) is -0.952. The van der Waals surface area contributed by atoms with Crippen molar-refractivity contribution in [1.29, 1.82) is 0 Å². The number of fused-ring (bicyclic) bond motifs is 1. The molecule has 1 aromatic heterocycles. The quantitative estimate of drug-likeness (QED) is 0.340. The van der Waals surface area contributed by atoms with Crippen LogP contribution in [0.4, 0.5) is 4.79 Å². The summed E-state index contributed by atoms with van der Waals surface area (Å²) in [7, 11) is 0. The van der Waals surface area contributed by atoms with Gasteiger partial charge in [0, 0.05) is 34.3 Å². The van der Waals surface area contributed by atoms with Gasteiger partial charge in [0.2, 0.25) is 0 Å². The summed E-state index contributed by atoms with van der Waals surface area (Å²) in [6, 6.07) is 14.2. The Bertz CT molecular complexity index is 1420. The lowest BCUT2D eigenvalue weighted by Crippen LogP contribution is -2.38. The van der Waals surface area contributed by atoms with Crippen LogP contribution in [0.25, 0.3) is 11.1 Å². The van der Waals surface area contributed by atoms with Crippen LogP contribution in [0.3, 0.4) is 0 Å². The van der Waals surface area contributed by atoms with Gasteiger partial charge in [0.1, 0.15) is 12.2 Å². The molecule has 0 atom stereocenters. The minimum absolute atomic E-state index is 0.0559. The standard InChI is InChI=1S/C29H29Cl2N3O5/c1-17-23(27(36)38-16-18-8-6-5-7-9-18)24(20-11-10-19(30)14-21(20)31)25-22(33-17)15-34(26(25)35)13-12-32-28(37)39-29(2,3)4/h5-11,14H,12-13,15-16H2,1-4H3,(H,32,37). The fourth-order valence-electron chi connectivity index (χ4n) is 4.31. The first-order valence-corrected chi connectivity index (χ1v) is 13.2. The van der Waals surface area contributed by atoms with Gasteiger partial charge in [-0.3, -0.25) is 9.78 Å². The zero-order chi connectivity index (χ0) is 28.3. The van der Waals surface area contributed by atoms with Crippen LogP contribution >= 0.6 is 23.2 Å². The summed E-state index contributed by atoms with van der Waals surface area (Å²) in [6.45, 7) is 7.67. The van der Waals surface area contributed by atoms with E-state index in [0.29, 0.717) is 27.5 Å². The number of amides is 2. The maximum absolute atomic E-state index is 13.7. The predicted octanol–water partition coefficient (Wildman–Crippen LogP) is 6.20. The second kappa shape index (κ2) is 11.6. The minimum atomic E-state index is -0.635. The van der Waals surface area contributed by atoms with E-state index in [1.54, 1.807) is 50.8 Å². The summed E-state index contributed by atoms with van der Waals surface area (Å²) >= 11 is 12.7. The van der Waals surface area contributed by atoms with Gasteiger partial charge in [0.25, 0.3) is 5.91 Å². The molecule has 8 nitrogen and oxygen atoms in total. The number of hydrogen-bond acceptors (Lipinski definition) is 6. The molecule has 0 saturated carbocycles. The molecule has 2 aromatic carbocycles. The average molecular weight is 570 g/mol. The molecule has 4 rings (SSSR count). The highest BCUT2D eigenvalue weighted by atomic mass is 35.5. The first kappa shape index (κ1) is 28.4. The van der Waals surface area contributed by atoms with Crippen LogP contribution in [0.2, 0.25) is 10.0 Å². The maximum atomic E-state index is 13.7. The number of aromatic nitrogens is 1. The van der Waals surface area contributed by atoms with Crippen LogP contribution in [0.1, 0.15) is 58.4 Å². The van der Waals surface area contributed by atoms with Gasteiger partial charge in [-0.2, -0.15) is 0 Å². The molecule has 1 aliphatic heterocycles. The van der Waals surface area contributed by atoms with E-state index in [2.05, 4.69) is 10.3 Å². The van der Waals surface area contributed by atoms with E-state index in [1.165, 1.54) is 0 Å². The van der Waals surface area contributed by atoms with Gasteiger partial charge in [-0.15, -0.1) is 0 Å². The number of aryl methyl sites for hydroxylation is 1. The van der Waals surface area contributed by atoms with Crippen molar-refractivity contribution in [2.24, 2.45) is 0 Å². The number of carbonyl (C=O) groups excluding carboxylic acids is 3. The number of carbonyl (C=O) groups is 3. The van der Waals surface area contributed by atoms with E-state index in [4.69, 9.17) is 32.7 Å². The van der Waals surface area contributed by atoms with Crippen molar-refractivity contribution in [3.63, 3.8) is 0 Å². The molecule has 2 amide bonds. The van der Waals surface area contributed by atoms with Gasteiger partial charge in [0.05, 0.1) is 29.1 Å². The predicted molar refractivity (Wildman–Crippen MR) is 149 cm³/mol. The van der Waals surface area contributed by atoms with Crippen LogP contribution in [-0.2, 0) is 22.6 Å². The molecule has 39 heavy (non-hydrogen) atoms. The molecule has 0 saturated heterocycles. The average Bonchev–Trinajstić information content (AvgIpc) is 3.16. The lowest BCUT2D eigenvalue weighted by Gasteiger charge is -2.21. The number of benzene rings is 2. The Kier molecular flexibility index (Phi) is 8.47. The van der Waals surface area contributed by atoms with Crippen molar-refractivity contribution in [2.45, 2.75) is 46.4 Å². The van der Waals surface area contributed by atoms with E-state index in [9.17, 15) is 14.4 Å². The zero-order valence-electron chi connectivity index (χ0n) is 22.1. The third-order valence-corrected chi connectivity index (χ3v) is 6.51. The van der Waals surface area contributed by atoms with E-state index in [-0.39, 0.29) is 48.3 Å². The Morgan fingerprint density at radius 3 is 2.46 bits per heavy atom. The third kappa shape index (κ3) is 6.69. The summed E-state index contributed by atoms with van der Waals surface area (Å²) < 4.78 is 10.9. The van der Waals surface area contributed by atoms with Crippen LogP contribution in [0.5, 0.6) is 0 Å². The molecule has 2 heterocycles. The topological polar surface area (TPSA) is 97.8 Å². The van der Waals surface area contributed by atoms with Crippen molar-refractivity contribution >= 4 is 41.2 Å². The summed E-state index contributed by atoms with van der Waals surface area (Å²) in [5.41, 5.74) is 2.36. The largest absolute Gasteiger partial charge is 0.457 e. The highest BCUT2D eigenvalue weighted by molar-refractivity contribution is 6.37. The maximum Gasteiger partial charge on any atom is 0.407 e. The van der Waals surface area contributed by atoms with Crippen LogP contribution < -0.4 is 5.32 Å². The van der Waals surface area contributed by atoms with Gasteiger partial charge in [-0.05, 0) is 45.4 Å². The second-order valence-electron chi connectivity index (χ2n) is 10.1. The SMILES string of the molecule is Cc1nc2c(c(-c3ccc(Cl)cc3Cl)c1C(=O)OCc1ccccc1)C(=O)N(CCNC(=O)OC(C)(C)C)C2. The Labute approximate surface area is 237 Å². The Morgan fingerprint density at radius 1 is 1.08 bits per heavy atom. The molecule has 1 aliphatic rings. The number of nitrogens with one attached hydrogen (secondary N) is 1. The molecule has 204 valence electrons. The summed E-state index contributed by atoms with van der Waals surface area (Å²) in [6.07, 6.45) is -0.572. The normalized spacial score (nSPS) is 12.8. The van der Waals surface area contributed by atoms with E-state index < -0.39 is 17.7 Å². The minimum Gasteiger partial charge on any atom is -0.457 e. The summed E-state index contributed by atoms with van der Waals surface area (Å²) in [4.78, 5) is 45.3. The van der Waals surface area contributed by atoms with Crippen molar-refractivity contribution in [3.05, 3.63) is 86.7 Å². The molecular weight excluding hydrogens is 541 g/mol. The highest BCUT2D eigenvalue weighted by Crippen LogP contribution is 2.40. The smallest absolute Gasteiger partial charge is 0.407 e. The van der Waals surface area contributed by atoms with Crippen molar-refractivity contribution in [2.75, 3.05) is 13.1 Å². The number of ether oxygens (including phenoxy) is 2. The molecular formula is C29H29Cl2N3O5. The van der Waals surface area contributed by atoms with Crippen LogP contribution in [0, 0.1) is 6.92 Å². The Morgan fingerprint density at radius 2 is 1.79 bits per heavy atom. The van der Waals surface area contributed by atoms with Gasteiger partial charge < -0.3 is 19.7 Å². The number of hydrogen-bond donors (Lipinski definition) is 1. The highest BCUT2D eigenvalue weighted by Gasteiger charge is 2.36. The van der Waals surface area contributed by atoms with Gasteiger partial charge in [-0.1, -0.05) is 59.6 Å². The lowest BCUT2D eigenvalue weighted by molar-refractivity contribution is 0.0470. The fourth-order valence-corrected chi connectivity index (χ4v) is 4.82. The van der Waals surface area contributed by atoms with Gasteiger partial charge >= 0.3 is 12.1 Å². The van der Waals surface area contributed by atoms with Crippen molar-refractivity contribution in [1.82, 2.24) is 15.2 Å². The van der Waals surface area contributed by atoms with Gasteiger partial charge in [-0.25, -0.2) is 9.59 Å². The van der Waals surface area contributed by atoms with Gasteiger partial charge in [0.15, 0.2) is 0 Å². The fraction of sp³-hybridized carbons (Fsp3) is 0.310. The van der Waals surface area contributed by atoms with Crippen molar-refractivity contribution in [3.8, 4) is 11.1 Å². The third-order valence-electron chi connectivity index (χ3n) is 5.96. The number of esters is 1. The lowest BCUT2D eigenvalue weighted by atomic mass is 9.93. The van der Waals surface area contributed by atoms with E-state index >= 15 is 0 Å². The Balaban J connectivity index is 1.66. The number of pyridine rings is 1. The van der Waals surface area contributed by atoms with Crippen LogP contribution in [-0.4, -0.2) is 46.5 Å². The molecule has 0 radical (unpaired) electrons. The Hall–Kier alpha value is -3.62. The first-order chi connectivity index (χ1) is 18.4. The number of halogens is 2. The van der Waals surface area contributed by atoms with Crippen LogP contribution in [0.15, 0.2) is 48.5 Å². The number of rotatable bonds is 7. The molecule has 0 unspecified atom stereocenters.